The van der Waals surface area contributed by atoms with E-state index in [1.165, 1.54) is 5.69 Å². The summed E-state index contributed by atoms with van der Waals surface area (Å²) >= 11 is 0. The Bertz CT molecular complexity index is 493. The number of hydrogen-bond acceptors (Lipinski definition) is 3. The lowest BCUT2D eigenvalue weighted by molar-refractivity contribution is 0.759. The third-order valence-electron chi connectivity index (χ3n) is 7.15. The molecule has 1 rings (SSSR count). The Hall–Kier alpha value is -0.686. The summed E-state index contributed by atoms with van der Waals surface area (Å²) in [7, 11) is -3.79. The predicted molar refractivity (Wildman–Crippen MR) is 127 cm³/mol. The molecule has 0 unspecified atom stereocenters. The molecule has 0 aliphatic heterocycles. The molecule has 1 aromatic heterocycles. The van der Waals surface area contributed by atoms with E-state index in [2.05, 4.69) is 104 Å². The lowest BCUT2D eigenvalue weighted by Gasteiger charge is -2.63. The zero-order chi connectivity index (χ0) is 21.2. The fraction of sp³-hybridized carbons (Fsp3) is 0.818. The van der Waals surface area contributed by atoms with Crippen LogP contribution < -0.4 is 4.23 Å². The highest BCUT2D eigenvalue weighted by Gasteiger charge is 2.59. The van der Waals surface area contributed by atoms with E-state index >= 15 is 0 Å². The van der Waals surface area contributed by atoms with E-state index in [-0.39, 0.29) is 0 Å². The molecule has 0 aliphatic carbocycles. The molecule has 3 nitrogen and oxygen atoms in total. The molecule has 0 saturated heterocycles. The summed E-state index contributed by atoms with van der Waals surface area (Å²) in [5, 5.41) is 8.46. The second kappa shape index (κ2) is 9.21. The van der Waals surface area contributed by atoms with Gasteiger partial charge in [-0.05, 0) is 39.3 Å². The number of hydrogen-bond donors (Lipinski definition) is 0. The van der Waals surface area contributed by atoms with Gasteiger partial charge in [0.05, 0.1) is 12.4 Å². The predicted octanol–water partition coefficient (Wildman–Crippen LogP) is 7.63. The molecule has 156 valence electrons. The molecule has 1 aromatic rings. The highest BCUT2D eigenvalue weighted by molar-refractivity contribution is 7.05. The number of aromatic nitrogens is 2. The van der Waals surface area contributed by atoms with Gasteiger partial charge in [-0.25, -0.2) is 0 Å². The van der Waals surface area contributed by atoms with Crippen LogP contribution in [0, 0.1) is 0 Å². The SMILES string of the molecule is CC(C)[Si](C(C)C)(C(C)C)N(c1ccnnc1)[Si](C(C)C)(C(C)C)C(C)C. The van der Waals surface area contributed by atoms with E-state index < -0.39 is 16.5 Å². The van der Waals surface area contributed by atoms with Crippen molar-refractivity contribution < 1.29 is 0 Å². The maximum atomic E-state index is 4.34. The largest absolute Gasteiger partial charge is 0.421 e. The van der Waals surface area contributed by atoms with Crippen LogP contribution in [0.2, 0.25) is 33.2 Å². The summed E-state index contributed by atoms with van der Waals surface area (Å²) in [6, 6.07) is 2.23. The maximum absolute atomic E-state index is 4.34. The number of anilines is 1. The van der Waals surface area contributed by atoms with E-state index in [4.69, 9.17) is 0 Å². The van der Waals surface area contributed by atoms with Gasteiger partial charge in [0.15, 0.2) is 16.5 Å². The van der Waals surface area contributed by atoms with Crippen molar-refractivity contribution in [3.05, 3.63) is 18.5 Å². The minimum Gasteiger partial charge on any atom is -0.421 e. The van der Waals surface area contributed by atoms with Crippen LogP contribution in [0.1, 0.15) is 83.1 Å². The van der Waals surface area contributed by atoms with Crippen molar-refractivity contribution in [1.82, 2.24) is 10.2 Å². The average molecular weight is 408 g/mol. The minimum absolute atomic E-state index is 0.675. The standard InChI is InChI=1S/C22H45N3Si2/c1-16(2)26(17(3)4,18(5)6)25(22-13-14-23-24-15-22)27(19(7)8,20(9)10)21(11)12/h13-21H,1-12H3. The van der Waals surface area contributed by atoms with E-state index in [1.54, 1.807) is 0 Å². The third-order valence-corrected chi connectivity index (χ3v) is 22.6. The van der Waals surface area contributed by atoms with Gasteiger partial charge in [0.25, 0.3) is 0 Å². The van der Waals surface area contributed by atoms with Gasteiger partial charge in [0, 0.05) is 5.69 Å². The van der Waals surface area contributed by atoms with Gasteiger partial charge in [0.1, 0.15) is 0 Å². The van der Waals surface area contributed by atoms with E-state index in [1.807, 2.05) is 12.4 Å². The zero-order valence-corrected chi connectivity index (χ0v) is 22.0. The molecule has 0 radical (unpaired) electrons. The smallest absolute Gasteiger partial charge is 0.155 e. The zero-order valence-electron chi connectivity index (χ0n) is 20.0. The fourth-order valence-corrected chi connectivity index (χ4v) is 26.3. The molecular weight excluding hydrogens is 362 g/mol. The van der Waals surface area contributed by atoms with Crippen LogP contribution in [-0.2, 0) is 0 Å². The first-order valence-corrected chi connectivity index (χ1v) is 15.3. The van der Waals surface area contributed by atoms with Crippen molar-refractivity contribution >= 4 is 22.2 Å². The second-order valence-electron chi connectivity index (χ2n) is 10.1. The van der Waals surface area contributed by atoms with Gasteiger partial charge in [-0.3, -0.25) is 0 Å². The topological polar surface area (TPSA) is 29.0 Å². The van der Waals surface area contributed by atoms with E-state index in [9.17, 15) is 0 Å². The normalized spacial score (nSPS) is 13.7. The molecule has 0 N–H and O–H groups in total. The van der Waals surface area contributed by atoms with Gasteiger partial charge in [-0.1, -0.05) is 83.1 Å². The van der Waals surface area contributed by atoms with Crippen LogP contribution in [0.3, 0.4) is 0 Å². The van der Waals surface area contributed by atoms with Gasteiger partial charge in [-0.15, -0.1) is 0 Å². The van der Waals surface area contributed by atoms with E-state index in [0.29, 0.717) is 33.2 Å². The summed E-state index contributed by atoms with van der Waals surface area (Å²) < 4.78 is 3.08. The fourth-order valence-electron chi connectivity index (χ4n) is 6.75. The monoisotopic (exact) mass is 407 g/mol. The Balaban J connectivity index is 4.07. The molecule has 0 amide bonds. The minimum atomic E-state index is -1.89. The first kappa shape index (κ1) is 24.4. The lowest BCUT2D eigenvalue weighted by atomic mass is 10.5. The quantitative estimate of drug-likeness (QED) is 0.394. The summed E-state index contributed by atoms with van der Waals surface area (Å²) in [5.41, 5.74) is 5.38. The third kappa shape index (κ3) is 3.91. The molecule has 0 atom stereocenters. The van der Waals surface area contributed by atoms with Gasteiger partial charge in [0.2, 0.25) is 0 Å². The molecule has 1 heterocycles. The van der Waals surface area contributed by atoms with E-state index in [0.717, 1.165) is 0 Å². The Kier molecular flexibility index (Phi) is 8.30. The highest BCUT2D eigenvalue weighted by Crippen LogP contribution is 2.55. The van der Waals surface area contributed by atoms with Crippen LogP contribution in [0.4, 0.5) is 5.69 Å². The Morgan fingerprint density at radius 3 is 1.15 bits per heavy atom. The summed E-state index contributed by atoms with van der Waals surface area (Å²) in [6.07, 6.45) is 3.94. The summed E-state index contributed by atoms with van der Waals surface area (Å²) in [4.78, 5) is 0. The molecule has 0 saturated carbocycles. The molecule has 0 aromatic carbocycles. The van der Waals surface area contributed by atoms with Crippen molar-refractivity contribution in [2.45, 2.75) is 116 Å². The Morgan fingerprint density at radius 2 is 0.926 bits per heavy atom. The first-order chi connectivity index (χ1) is 12.4. The molecule has 0 spiro atoms. The second-order valence-corrected chi connectivity index (χ2v) is 22.0. The van der Waals surface area contributed by atoms with Gasteiger partial charge < -0.3 is 4.23 Å². The Labute approximate surface area is 171 Å². The lowest BCUT2D eigenvalue weighted by Crippen LogP contribution is -2.74. The van der Waals surface area contributed by atoms with Crippen molar-refractivity contribution in [2.75, 3.05) is 4.23 Å². The maximum Gasteiger partial charge on any atom is 0.155 e. The van der Waals surface area contributed by atoms with Gasteiger partial charge in [-0.2, -0.15) is 10.2 Å². The molecule has 0 bridgehead atoms. The van der Waals surface area contributed by atoms with Crippen LogP contribution in [0.5, 0.6) is 0 Å². The van der Waals surface area contributed by atoms with Crippen LogP contribution >= 0.6 is 0 Å². The highest BCUT2D eigenvalue weighted by atomic mass is 28.4. The molecule has 0 aliphatic rings. The molecule has 0 fully saturated rings. The number of nitrogens with zero attached hydrogens (tertiary/aromatic N) is 3. The van der Waals surface area contributed by atoms with Crippen LogP contribution in [0.25, 0.3) is 0 Å². The average Bonchev–Trinajstić information content (AvgIpc) is 2.53. The van der Waals surface area contributed by atoms with Crippen LogP contribution in [0.15, 0.2) is 18.5 Å². The van der Waals surface area contributed by atoms with Gasteiger partial charge >= 0.3 is 0 Å². The summed E-state index contributed by atoms with van der Waals surface area (Å²) in [6.45, 7) is 29.8. The van der Waals surface area contributed by atoms with Crippen molar-refractivity contribution in [2.24, 2.45) is 0 Å². The molecular formula is C22H45N3Si2. The van der Waals surface area contributed by atoms with Crippen LogP contribution in [-0.4, -0.2) is 26.7 Å². The van der Waals surface area contributed by atoms with Crippen molar-refractivity contribution in [3.8, 4) is 0 Å². The Morgan fingerprint density at radius 1 is 0.593 bits per heavy atom. The first-order valence-electron chi connectivity index (χ1n) is 11.0. The van der Waals surface area contributed by atoms with Crippen molar-refractivity contribution in [3.63, 3.8) is 0 Å². The molecule has 5 heteroatoms. The number of rotatable bonds is 9. The molecule has 27 heavy (non-hydrogen) atoms. The van der Waals surface area contributed by atoms with Crippen molar-refractivity contribution in [1.29, 1.82) is 0 Å². The summed E-state index contributed by atoms with van der Waals surface area (Å²) in [5.74, 6) is 0.